The molecule has 0 amide bonds. The molecule has 0 aliphatic rings. The first-order valence-corrected chi connectivity index (χ1v) is 10.5. The smallest absolute Gasteiger partial charge is 0.344 e. The number of benzene rings is 3. The number of nitrogens with zero attached hydrogens (tertiary/aromatic N) is 2. The number of carbonyl (C=O) groups is 1. The lowest BCUT2D eigenvalue weighted by Gasteiger charge is -2.16. The minimum Gasteiger partial charge on any atom is -0.465 e. The van der Waals surface area contributed by atoms with Crippen LogP contribution in [0.25, 0.3) is 22.4 Å². The molecule has 7 heteroatoms. The fourth-order valence-corrected chi connectivity index (χ4v) is 3.78. The number of rotatable bonds is 5. The topological polar surface area (TPSA) is 61.2 Å². The van der Waals surface area contributed by atoms with Crippen molar-refractivity contribution in [2.24, 2.45) is 0 Å². The van der Waals surface area contributed by atoms with Gasteiger partial charge in [-0.05, 0) is 23.3 Å². The molecule has 0 atom stereocenters. The van der Waals surface area contributed by atoms with E-state index in [1.807, 2.05) is 60.7 Å². The van der Waals surface area contributed by atoms with Crippen LogP contribution in [0.5, 0.6) is 0 Å². The fourth-order valence-electron chi connectivity index (χ4n) is 3.46. The maximum atomic E-state index is 13.4. The van der Waals surface area contributed by atoms with E-state index >= 15 is 0 Å². The second kappa shape index (κ2) is 9.39. The van der Waals surface area contributed by atoms with Gasteiger partial charge >= 0.3 is 5.97 Å². The van der Waals surface area contributed by atoms with Gasteiger partial charge in [0, 0.05) is 11.1 Å². The summed E-state index contributed by atoms with van der Waals surface area (Å²) in [5.74, 6) is -0.726. The second-order valence-corrected chi connectivity index (χ2v) is 7.85. The number of halogens is 2. The van der Waals surface area contributed by atoms with Crippen LogP contribution in [0.1, 0.15) is 15.9 Å². The molecule has 0 fully saturated rings. The molecule has 3 aromatic carbocycles. The maximum Gasteiger partial charge on any atom is 0.344 e. The monoisotopic (exact) mass is 464 g/mol. The lowest BCUT2D eigenvalue weighted by Crippen LogP contribution is -2.31. The zero-order chi connectivity index (χ0) is 22.7. The lowest BCUT2D eigenvalue weighted by atomic mass is 9.95. The molecule has 4 rings (SSSR count). The van der Waals surface area contributed by atoms with Crippen LogP contribution in [-0.4, -0.2) is 22.9 Å². The Morgan fingerprint density at radius 3 is 2.12 bits per heavy atom. The Labute approximate surface area is 194 Å². The van der Waals surface area contributed by atoms with Crippen molar-refractivity contribution in [3.8, 4) is 22.4 Å². The SMILES string of the molecule is COC(=O)c1c(-c2ccccc2)c(-c2ccccc2)nn(Cc2ccc(Cl)c(Cl)c2)c1=O. The molecule has 160 valence electrons. The highest BCUT2D eigenvalue weighted by atomic mass is 35.5. The third-order valence-corrected chi connectivity index (χ3v) is 5.71. The summed E-state index contributed by atoms with van der Waals surface area (Å²) in [6.07, 6.45) is 0. The number of ether oxygens (including phenoxy) is 1. The van der Waals surface area contributed by atoms with Crippen LogP contribution < -0.4 is 5.56 Å². The van der Waals surface area contributed by atoms with Crippen LogP contribution >= 0.6 is 23.2 Å². The number of hydrogen-bond acceptors (Lipinski definition) is 4. The number of methoxy groups -OCH3 is 1. The molecule has 0 unspecified atom stereocenters. The predicted molar refractivity (Wildman–Crippen MR) is 126 cm³/mol. The third kappa shape index (κ3) is 4.31. The van der Waals surface area contributed by atoms with Crippen molar-refractivity contribution in [1.29, 1.82) is 0 Å². The molecule has 0 saturated heterocycles. The molecule has 0 radical (unpaired) electrons. The van der Waals surface area contributed by atoms with E-state index in [0.717, 1.165) is 11.1 Å². The molecule has 1 aromatic heterocycles. The number of hydrogen-bond donors (Lipinski definition) is 0. The van der Waals surface area contributed by atoms with Crippen LogP contribution in [-0.2, 0) is 11.3 Å². The first-order chi connectivity index (χ1) is 15.5. The molecule has 0 aliphatic heterocycles. The minimum absolute atomic E-state index is 0.0763. The molecular formula is C25H18Cl2N2O3. The van der Waals surface area contributed by atoms with Gasteiger partial charge in [-0.1, -0.05) is 89.9 Å². The number of esters is 1. The Bertz CT molecular complexity index is 1340. The molecule has 0 aliphatic carbocycles. The van der Waals surface area contributed by atoms with Gasteiger partial charge in [0.25, 0.3) is 5.56 Å². The maximum absolute atomic E-state index is 13.4. The Morgan fingerprint density at radius 1 is 0.906 bits per heavy atom. The predicted octanol–water partition coefficient (Wildman–Crippen LogP) is 5.72. The van der Waals surface area contributed by atoms with Gasteiger partial charge in [0.15, 0.2) is 0 Å². The second-order valence-electron chi connectivity index (χ2n) is 7.03. The number of carbonyl (C=O) groups excluding carboxylic acids is 1. The van der Waals surface area contributed by atoms with Crippen LogP contribution in [0.15, 0.2) is 83.7 Å². The van der Waals surface area contributed by atoms with E-state index in [2.05, 4.69) is 5.10 Å². The van der Waals surface area contributed by atoms with E-state index < -0.39 is 11.5 Å². The van der Waals surface area contributed by atoms with Crippen LogP contribution in [0.4, 0.5) is 0 Å². The highest BCUT2D eigenvalue weighted by molar-refractivity contribution is 6.42. The van der Waals surface area contributed by atoms with E-state index in [1.54, 1.807) is 18.2 Å². The zero-order valence-electron chi connectivity index (χ0n) is 17.1. The summed E-state index contributed by atoms with van der Waals surface area (Å²) in [4.78, 5) is 26.3. The summed E-state index contributed by atoms with van der Waals surface area (Å²) in [5, 5.41) is 5.45. The Morgan fingerprint density at radius 2 is 1.53 bits per heavy atom. The standard InChI is InChI=1S/C25H18Cl2N2O3/c1-32-25(31)22-21(17-8-4-2-5-9-17)23(18-10-6-3-7-11-18)28-29(24(22)30)15-16-12-13-19(26)20(27)14-16/h2-14H,15H2,1H3. The summed E-state index contributed by atoms with van der Waals surface area (Å²) in [6.45, 7) is 0.106. The zero-order valence-corrected chi connectivity index (χ0v) is 18.6. The van der Waals surface area contributed by atoms with E-state index in [0.29, 0.717) is 26.9 Å². The summed E-state index contributed by atoms with van der Waals surface area (Å²) in [6, 6.07) is 23.7. The Hall–Kier alpha value is -3.41. The van der Waals surface area contributed by atoms with Gasteiger partial charge in [-0.25, -0.2) is 9.48 Å². The summed E-state index contributed by atoms with van der Waals surface area (Å²) in [5.41, 5.74) is 2.47. The van der Waals surface area contributed by atoms with E-state index in [9.17, 15) is 9.59 Å². The van der Waals surface area contributed by atoms with Crippen LogP contribution in [0, 0.1) is 0 Å². The summed E-state index contributed by atoms with van der Waals surface area (Å²) >= 11 is 12.2. The molecule has 1 heterocycles. The normalized spacial score (nSPS) is 10.7. The van der Waals surface area contributed by atoms with Crippen molar-refractivity contribution >= 4 is 29.2 Å². The average molecular weight is 465 g/mol. The molecule has 0 N–H and O–H groups in total. The van der Waals surface area contributed by atoms with Gasteiger partial charge in [-0.2, -0.15) is 5.10 Å². The van der Waals surface area contributed by atoms with Gasteiger partial charge in [-0.3, -0.25) is 4.79 Å². The highest BCUT2D eigenvalue weighted by Crippen LogP contribution is 2.32. The lowest BCUT2D eigenvalue weighted by molar-refractivity contribution is 0.0598. The molecule has 32 heavy (non-hydrogen) atoms. The Balaban J connectivity index is 2.01. The van der Waals surface area contributed by atoms with Crippen molar-refractivity contribution in [3.05, 3.63) is 110 Å². The summed E-state index contributed by atoms with van der Waals surface area (Å²) in [7, 11) is 1.25. The highest BCUT2D eigenvalue weighted by Gasteiger charge is 2.25. The quantitative estimate of drug-likeness (QED) is 0.354. The van der Waals surface area contributed by atoms with Crippen molar-refractivity contribution in [1.82, 2.24) is 9.78 Å². The Kier molecular flexibility index (Phi) is 6.40. The van der Waals surface area contributed by atoms with E-state index in [-0.39, 0.29) is 12.1 Å². The van der Waals surface area contributed by atoms with Crippen LogP contribution in [0.3, 0.4) is 0 Å². The molecule has 5 nitrogen and oxygen atoms in total. The molecule has 0 saturated carbocycles. The fraction of sp³-hybridized carbons (Fsp3) is 0.0800. The third-order valence-electron chi connectivity index (χ3n) is 4.97. The number of aromatic nitrogens is 2. The van der Waals surface area contributed by atoms with Gasteiger partial charge in [0.1, 0.15) is 5.56 Å². The van der Waals surface area contributed by atoms with Crippen molar-refractivity contribution in [2.45, 2.75) is 6.54 Å². The largest absolute Gasteiger partial charge is 0.465 e. The molecule has 4 aromatic rings. The van der Waals surface area contributed by atoms with Gasteiger partial charge < -0.3 is 4.74 Å². The van der Waals surface area contributed by atoms with Crippen LogP contribution in [0.2, 0.25) is 10.0 Å². The molecular weight excluding hydrogens is 447 g/mol. The van der Waals surface area contributed by atoms with E-state index in [4.69, 9.17) is 27.9 Å². The first-order valence-electron chi connectivity index (χ1n) is 9.77. The summed E-state index contributed by atoms with van der Waals surface area (Å²) < 4.78 is 6.24. The van der Waals surface area contributed by atoms with Gasteiger partial charge in [0.2, 0.25) is 0 Å². The molecule has 0 spiro atoms. The van der Waals surface area contributed by atoms with Crippen molar-refractivity contribution in [3.63, 3.8) is 0 Å². The van der Waals surface area contributed by atoms with Crippen molar-refractivity contribution < 1.29 is 9.53 Å². The minimum atomic E-state index is -0.726. The first kappa shape index (κ1) is 21.8. The van der Waals surface area contributed by atoms with Gasteiger partial charge in [0.05, 0.1) is 29.4 Å². The van der Waals surface area contributed by atoms with Gasteiger partial charge in [-0.15, -0.1) is 0 Å². The van der Waals surface area contributed by atoms with E-state index in [1.165, 1.54) is 11.8 Å². The molecule has 0 bridgehead atoms. The van der Waals surface area contributed by atoms with Crippen molar-refractivity contribution in [2.75, 3.05) is 7.11 Å². The average Bonchev–Trinajstić information content (AvgIpc) is 2.83.